The van der Waals surface area contributed by atoms with E-state index in [1.807, 2.05) is 6.92 Å². The molecule has 1 heterocycles. The number of non-ortho nitro benzene ring substituents is 1. The summed E-state index contributed by atoms with van der Waals surface area (Å²) in [5.41, 5.74) is 0.518. The van der Waals surface area contributed by atoms with Gasteiger partial charge >= 0.3 is 0 Å². The van der Waals surface area contributed by atoms with Crippen LogP contribution in [0.3, 0.4) is 0 Å². The van der Waals surface area contributed by atoms with Crippen LogP contribution in [0.4, 0.5) is 11.4 Å². The molecular formula is C14H17N5O4S. The van der Waals surface area contributed by atoms with E-state index in [0.717, 1.165) is 6.42 Å². The van der Waals surface area contributed by atoms with Gasteiger partial charge < -0.3 is 20.1 Å². The number of hydrogen-bond acceptors (Lipinski definition) is 6. The molecule has 0 aliphatic heterocycles. The maximum Gasteiger partial charge on any atom is 0.270 e. The number of nitrogens with zero attached hydrogens (tertiary/aromatic N) is 3. The molecule has 10 heteroatoms. The van der Waals surface area contributed by atoms with Crippen molar-refractivity contribution in [3.63, 3.8) is 0 Å². The summed E-state index contributed by atoms with van der Waals surface area (Å²) in [6.45, 7) is 3.79. The van der Waals surface area contributed by atoms with Gasteiger partial charge in [0.25, 0.3) is 5.69 Å². The number of H-pyrrole nitrogens is 1. The van der Waals surface area contributed by atoms with Gasteiger partial charge in [-0.15, -0.1) is 10.2 Å². The van der Waals surface area contributed by atoms with Gasteiger partial charge in [0.1, 0.15) is 0 Å². The molecule has 3 N–H and O–H groups in total. The fraction of sp³-hybridized carbons (Fsp3) is 0.357. The minimum atomic E-state index is -0.519. The molecule has 128 valence electrons. The maximum atomic E-state index is 10.9. The van der Waals surface area contributed by atoms with Crippen LogP contribution in [0.2, 0.25) is 0 Å². The molecule has 0 saturated heterocycles. The van der Waals surface area contributed by atoms with Gasteiger partial charge in [0.15, 0.2) is 5.69 Å². The van der Waals surface area contributed by atoms with Gasteiger partial charge in [0, 0.05) is 37.3 Å². The van der Waals surface area contributed by atoms with Crippen molar-refractivity contribution in [3.05, 3.63) is 28.3 Å². The van der Waals surface area contributed by atoms with Crippen molar-refractivity contribution in [2.45, 2.75) is 13.3 Å². The number of rotatable bonds is 7. The number of thiocarbonyl (C=S) groups is 1. The first-order chi connectivity index (χ1) is 11.5. The third kappa shape index (κ3) is 4.46. The van der Waals surface area contributed by atoms with Gasteiger partial charge in [0.2, 0.25) is 11.0 Å². The summed E-state index contributed by atoms with van der Waals surface area (Å²) < 4.78 is 5.20. The lowest BCUT2D eigenvalue weighted by Crippen LogP contribution is -2.21. The van der Waals surface area contributed by atoms with Gasteiger partial charge in [-0.3, -0.25) is 10.1 Å². The van der Waals surface area contributed by atoms with Crippen molar-refractivity contribution in [2.24, 2.45) is 10.2 Å². The minimum absolute atomic E-state index is 0.102. The highest BCUT2D eigenvalue weighted by Crippen LogP contribution is 2.37. The third-order valence-electron chi connectivity index (χ3n) is 3.13. The lowest BCUT2D eigenvalue weighted by molar-refractivity contribution is -0.384. The van der Waals surface area contributed by atoms with E-state index in [1.165, 1.54) is 18.2 Å². The van der Waals surface area contributed by atoms with E-state index in [2.05, 4.69) is 20.5 Å². The number of aromatic amines is 1. The van der Waals surface area contributed by atoms with E-state index >= 15 is 0 Å². The second kappa shape index (κ2) is 8.31. The number of azo groups is 1. The second-order valence-corrected chi connectivity index (χ2v) is 5.18. The van der Waals surface area contributed by atoms with Crippen molar-refractivity contribution in [1.82, 2.24) is 10.3 Å². The van der Waals surface area contributed by atoms with E-state index < -0.39 is 4.92 Å². The number of ether oxygens (including phenoxy) is 1. The normalized spacial score (nSPS) is 11.2. The Balaban J connectivity index is 2.08. The molecule has 24 heavy (non-hydrogen) atoms. The Kier molecular flexibility index (Phi) is 6.15. The van der Waals surface area contributed by atoms with Crippen LogP contribution >= 0.6 is 12.2 Å². The molecule has 2 rings (SSSR count). The smallest absolute Gasteiger partial charge is 0.270 e. The van der Waals surface area contributed by atoms with Gasteiger partial charge in [-0.1, -0.05) is 0 Å². The quantitative estimate of drug-likeness (QED) is 0.231. The number of nitro groups is 1. The molecule has 0 radical (unpaired) electrons. The maximum absolute atomic E-state index is 10.9. The zero-order chi connectivity index (χ0) is 17.5. The highest BCUT2D eigenvalue weighted by atomic mass is 32.1. The van der Waals surface area contributed by atoms with Crippen molar-refractivity contribution >= 4 is 39.6 Å². The fourth-order valence-electron chi connectivity index (χ4n) is 2.01. The van der Waals surface area contributed by atoms with Gasteiger partial charge in [-0.2, -0.15) is 0 Å². The van der Waals surface area contributed by atoms with Crippen LogP contribution in [0.1, 0.15) is 13.3 Å². The zero-order valence-corrected chi connectivity index (χ0v) is 13.8. The molecule has 0 aliphatic rings. The average Bonchev–Trinajstić information content (AvgIpc) is 2.87. The molecule has 1 aromatic heterocycles. The number of aromatic hydroxyl groups is 1. The Labute approximate surface area is 142 Å². The molecule has 0 unspecified atom stereocenters. The summed E-state index contributed by atoms with van der Waals surface area (Å²) in [7, 11) is 0. The summed E-state index contributed by atoms with van der Waals surface area (Å²) in [5.74, 6) is -0.228. The molecule has 0 bridgehead atoms. The van der Waals surface area contributed by atoms with Crippen molar-refractivity contribution in [1.29, 1.82) is 0 Å². The second-order valence-electron chi connectivity index (χ2n) is 4.79. The van der Waals surface area contributed by atoms with Crippen LogP contribution < -0.4 is 5.32 Å². The van der Waals surface area contributed by atoms with E-state index in [4.69, 9.17) is 17.0 Å². The van der Waals surface area contributed by atoms with Crippen LogP contribution in [0.25, 0.3) is 10.9 Å². The van der Waals surface area contributed by atoms with E-state index in [-0.39, 0.29) is 22.4 Å². The summed E-state index contributed by atoms with van der Waals surface area (Å²) in [6.07, 6.45) is 0.772. The van der Waals surface area contributed by atoms with Gasteiger partial charge in [-0.05, 0) is 31.6 Å². The zero-order valence-electron chi connectivity index (χ0n) is 13.0. The third-order valence-corrected chi connectivity index (χ3v) is 3.36. The minimum Gasteiger partial charge on any atom is -0.493 e. The van der Waals surface area contributed by atoms with Crippen molar-refractivity contribution < 1.29 is 14.8 Å². The highest BCUT2D eigenvalue weighted by molar-refractivity contribution is 7.80. The largest absolute Gasteiger partial charge is 0.493 e. The highest BCUT2D eigenvalue weighted by Gasteiger charge is 2.14. The molecule has 1 aromatic carbocycles. The fourth-order valence-corrected chi connectivity index (χ4v) is 2.15. The number of hydrogen-bond donors (Lipinski definition) is 3. The Morgan fingerprint density at radius 3 is 3.04 bits per heavy atom. The van der Waals surface area contributed by atoms with Crippen LogP contribution in [-0.2, 0) is 4.74 Å². The summed E-state index contributed by atoms with van der Waals surface area (Å²) in [4.78, 5) is 13.0. The standard InChI is InChI=1S/C14H17N5O4S/c1-2-23-7-3-6-15-14(24)18-17-12-10-8-9(19(21)22)4-5-11(10)16-13(12)20/h4-5,8,16,20H,2-3,6-7H2,1H3,(H,15,24). The first-order valence-corrected chi connectivity index (χ1v) is 7.70. The molecular weight excluding hydrogens is 334 g/mol. The molecule has 0 amide bonds. The summed E-state index contributed by atoms with van der Waals surface area (Å²) in [5, 5.41) is 31.9. The lowest BCUT2D eigenvalue weighted by Gasteiger charge is -2.03. The average molecular weight is 351 g/mol. The van der Waals surface area contributed by atoms with E-state index in [9.17, 15) is 15.2 Å². The number of nitrogens with one attached hydrogen (secondary N) is 2. The number of aromatic nitrogens is 1. The van der Waals surface area contributed by atoms with Crippen LogP contribution in [0, 0.1) is 10.1 Å². The van der Waals surface area contributed by atoms with Crippen LogP contribution in [0.5, 0.6) is 5.88 Å². The lowest BCUT2D eigenvalue weighted by atomic mass is 10.2. The molecule has 0 aliphatic carbocycles. The van der Waals surface area contributed by atoms with Crippen LogP contribution in [0.15, 0.2) is 28.4 Å². The number of benzene rings is 1. The Morgan fingerprint density at radius 2 is 2.33 bits per heavy atom. The molecule has 0 saturated carbocycles. The predicted molar refractivity (Wildman–Crippen MR) is 92.8 cm³/mol. The van der Waals surface area contributed by atoms with E-state index in [0.29, 0.717) is 30.7 Å². The Morgan fingerprint density at radius 1 is 1.54 bits per heavy atom. The molecule has 2 aromatic rings. The first-order valence-electron chi connectivity index (χ1n) is 7.29. The van der Waals surface area contributed by atoms with Crippen LogP contribution in [-0.4, -0.2) is 39.9 Å². The first kappa shape index (κ1) is 17.8. The number of nitro benzene ring substituents is 1. The van der Waals surface area contributed by atoms with Crippen molar-refractivity contribution in [2.75, 3.05) is 19.8 Å². The number of fused-ring (bicyclic) bond motifs is 1. The summed E-state index contributed by atoms with van der Waals surface area (Å²) >= 11 is 5.03. The Hall–Kier alpha value is -2.59. The molecule has 0 fully saturated rings. The van der Waals surface area contributed by atoms with Gasteiger partial charge in [0.05, 0.1) is 10.4 Å². The molecule has 0 atom stereocenters. The molecule has 9 nitrogen and oxygen atoms in total. The van der Waals surface area contributed by atoms with Crippen molar-refractivity contribution in [3.8, 4) is 5.88 Å². The van der Waals surface area contributed by atoms with E-state index in [1.54, 1.807) is 0 Å². The molecule has 0 spiro atoms. The van der Waals surface area contributed by atoms with Gasteiger partial charge in [-0.25, -0.2) is 0 Å². The SMILES string of the molecule is CCOCCCNC(=S)N=Nc1c(O)[nH]c2ccc([N+](=O)[O-])cc12. The predicted octanol–water partition coefficient (Wildman–Crippen LogP) is 3.17. The monoisotopic (exact) mass is 351 g/mol. The Bertz CT molecular complexity index is 774. The summed E-state index contributed by atoms with van der Waals surface area (Å²) in [6, 6.07) is 4.15. The topological polar surface area (TPSA) is 125 Å².